The average Bonchev–Trinajstić information content (AvgIpc) is 2.67. The van der Waals surface area contributed by atoms with Gasteiger partial charge in [-0.1, -0.05) is 19.3 Å². The average molecular weight is 334 g/mol. The van der Waals surface area contributed by atoms with Crippen LogP contribution in [0.25, 0.3) is 0 Å². The molecule has 1 unspecified atom stereocenters. The molecule has 2 aliphatic rings. The minimum atomic E-state index is -0.414. The summed E-state index contributed by atoms with van der Waals surface area (Å²) >= 11 is 0. The molecule has 1 atom stereocenters. The molecule has 2 fully saturated rings. The summed E-state index contributed by atoms with van der Waals surface area (Å²) in [5.41, 5.74) is 0. The molecular formula is C18H30N4O2. The summed E-state index contributed by atoms with van der Waals surface area (Å²) in [6.45, 7) is 2.97. The lowest BCUT2D eigenvalue weighted by Gasteiger charge is -2.33. The number of hydrogen-bond acceptors (Lipinski definition) is 6. The monoisotopic (exact) mass is 334 g/mol. The van der Waals surface area contributed by atoms with Gasteiger partial charge in [0.2, 0.25) is 5.95 Å². The van der Waals surface area contributed by atoms with Crippen LogP contribution in [0.1, 0.15) is 44.9 Å². The molecule has 1 aliphatic carbocycles. The van der Waals surface area contributed by atoms with Crippen LogP contribution in [-0.2, 0) is 4.74 Å². The lowest BCUT2D eigenvalue weighted by Crippen LogP contribution is -2.45. The van der Waals surface area contributed by atoms with Crippen LogP contribution in [0.4, 0.5) is 5.95 Å². The molecule has 2 heterocycles. The number of aromatic nitrogens is 2. The molecule has 6 heteroatoms. The van der Waals surface area contributed by atoms with Crippen molar-refractivity contribution >= 4 is 5.95 Å². The first-order valence-electron chi connectivity index (χ1n) is 9.36. The van der Waals surface area contributed by atoms with E-state index in [4.69, 9.17) is 4.74 Å². The van der Waals surface area contributed by atoms with Crippen LogP contribution in [0.5, 0.6) is 0 Å². The third kappa shape index (κ3) is 5.40. The number of ether oxygens (including phenoxy) is 1. The van der Waals surface area contributed by atoms with Gasteiger partial charge in [-0.25, -0.2) is 9.97 Å². The van der Waals surface area contributed by atoms with E-state index in [0.29, 0.717) is 25.3 Å². The normalized spacial score (nSPS) is 21.8. The highest BCUT2D eigenvalue weighted by Crippen LogP contribution is 2.20. The number of nitrogens with zero attached hydrogens (tertiary/aromatic N) is 3. The summed E-state index contributed by atoms with van der Waals surface area (Å²) in [7, 11) is 0. The Morgan fingerprint density at radius 3 is 2.54 bits per heavy atom. The SMILES string of the molecule is OC(CNC1CCN(c2ncccn2)CC1)COC1CCCCC1. The lowest BCUT2D eigenvalue weighted by atomic mass is 9.98. The second-order valence-corrected chi connectivity index (χ2v) is 6.97. The minimum absolute atomic E-state index is 0.363. The predicted molar refractivity (Wildman–Crippen MR) is 94.1 cm³/mol. The van der Waals surface area contributed by atoms with Crippen molar-refractivity contribution in [3.05, 3.63) is 18.5 Å². The Bertz CT molecular complexity index is 459. The minimum Gasteiger partial charge on any atom is -0.389 e. The maximum atomic E-state index is 10.1. The van der Waals surface area contributed by atoms with E-state index in [9.17, 15) is 5.11 Å². The molecule has 2 N–H and O–H groups in total. The molecule has 24 heavy (non-hydrogen) atoms. The Balaban J connectivity index is 1.30. The van der Waals surface area contributed by atoms with Gasteiger partial charge in [0.25, 0.3) is 0 Å². The van der Waals surface area contributed by atoms with Crippen molar-refractivity contribution in [2.75, 3.05) is 31.1 Å². The van der Waals surface area contributed by atoms with Crippen molar-refractivity contribution in [1.82, 2.24) is 15.3 Å². The van der Waals surface area contributed by atoms with E-state index >= 15 is 0 Å². The Kier molecular flexibility index (Phi) is 6.81. The Hall–Kier alpha value is -1.24. The lowest BCUT2D eigenvalue weighted by molar-refractivity contribution is -0.0237. The Morgan fingerprint density at radius 1 is 1.12 bits per heavy atom. The highest BCUT2D eigenvalue weighted by atomic mass is 16.5. The second-order valence-electron chi connectivity index (χ2n) is 6.97. The molecule has 1 saturated carbocycles. The van der Waals surface area contributed by atoms with Crippen LogP contribution >= 0.6 is 0 Å². The van der Waals surface area contributed by atoms with Crippen molar-refractivity contribution in [2.45, 2.75) is 63.2 Å². The molecule has 3 rings (SSSR count). The molecule has 0 radical (unpaired) electrons. The van der Waals surface area contributed by atoms with Crippen LogP contribution in [-0.4, -0.2) is 59.6 Å². The van der Waals surface area contributed by atoms with Gasteiger partial charge in [0, 0.05) is 38.1 Å². The highest BCUT2D eigenvalue weighted by Gasteiger charge is 2.21. The number of anilines is 1. The summed E-state index contributed by atoms with van der Waals surface area (Å²) in [4.78, 5) is 10.8. The van der Waals surface area contributed by atoms with Gasteiger partial charge < -0.3 is 20.1 Å². The second kappa shape index (κ2) is 9.30. The number of piperidine rings is 1. The van der Waals surface area contributed by atoms with Crippen LogP contribution in [0.3, 0.4) is 0 Å². The first-order chi connectivity index (χ1) is 11.8. The van der Waals surface area contributed by atoms with Crippen LogP contribution in [0.15, 0.2) is 18.5 Å². The van der Waals surface area contributed by atoms with Gasteiger partial charge >= 0.3 is 0 Å². The number of aliphatic hydroxyl groups is 1. The Morgan fingerprint density at radius 2 is 1.83 bits per heavy atom. The molecule has 1 aromatic rings. The molecular weight excluding hydrogens is 304 g/mol. The maximum Gasteiger partial charge on any atom is 0.225 e. The molecule has 0 spiro atoms. The number of nitrogens with one attached hydrogen (secondary N) is 1. The summed E-state index contributed by atoms with van der Waals surface area (Å²) < 4.78 is 5.84. The quantitative estimate of drug-likeness (QED) is 0.792. The molecule has 0 aromatic carbocycles. The van der Waals surface area contributed by atoms with E-state index in [-0.39, 0.29) is 0 Å². The zero-order valence-corrected chi connectivity index (χ0v) is 14.4. The van der Waals surface area contributed by atoms with Crippen molar-refractivity contribution < 1.29 is 9.84 Å². The van der Waals surface area contributed by atoms with Crippen LogP contribution < -0.4 is 10.2 Å². The fraction of sp³-hybridized carbons (Fsp3) is 0.778. The molecule has 1 saturated heterocycles. The third-order valence-electron chi connectivity index (χ3n) is 5.05. The van der Waals surface area contributed by atoms with Gasteiger partial charge in [-0.3, -0.25) is 0 Å². The van der Waals surface area contributed by atoms with Crippen molar-refractivity contribution in [3.63, 3.8) is 0 Å². The molecule has 6 nitrogen and oxygen atoms in total. The zero-order chi connectivity index (χ0) is 16.6. The number of aliphatic hydroxyl groups excluding tert-OH is 1. The molecule has 0 amide bonds. The van der Waals surface area contributed by atoms with Crippen molar-refractivity contribution in [2.24, 2.45) is 0 Å². The summed E-state index contributed by atoms with van der Waals surface area (Å²) in [6, 6.07) is 2.29. The largest absolute Gasteiger partial charge is 0.389 e. The van der Waals surface area contributed by atoms with Gasteiger partial charge in [0.05, 0.1) is 18.8 Å². The number of hydrogen-bond donors (Lipinski definition) is 2. The highest BCUT2D eigenvalue weighted by molar-refractivity contribution is 5.29. The van der Waals surface area contributed by atoms with Gasteiger partial charge in [0.15, 0.2) is 0 Å². The number of rotatable bonds is 7. The van der Waals surface area contributed by atoms with Gasteiger partial charge in [-0.2, -0.15) is 0 Å². The van der Waals surface area contributed by atoms with E-state index in [1.807, 2.05) is 6.07 Å². The Labute approximate surface area is 144 Å². The van der Waals surface area contributed by atoms with Gasteiger partial charge in [0.1, 0.15) is 0 Å². The van der Waals surface area contributed by atoms with Gasteiger partial charge in [-0.05, 0) is 31.7 Å². The molecule has 134 valence electrons. The predicted octanol–water partition coefficient (Wildman–Crippen LogP) is 1.75. The van der Waals surface area contributed by atoms with E-state index in [1.165, 1.54) is 19.3 Å². The summed E-state index contributed by atoms with van der Waals surface area (Å²) in [6.07, 6.45) is 11.8. The van der Waals surface area contributed by atoms with Gasteiger partial charge in [-0.15, -0.1) is 0 Å². The fourth-order valence-corrected chi connectivity index (χ4v) is 3.58. The van der Waals surface area contributed by atoms with E-state index in [2.05, 4.69) is 20.2 Å². The van der Waals surface area contributed by atoms with Crippen molar-refractivity contribution in [3.8, 4) is 0 Å². The van der Waals surface area contributed by atoms with Crippen LogP contribution in [0, 0.1) is 0 Å². The maximum absolute atomic E-state index is 10.1. The molecule has 1 aliphatic heterocycles. The third-order valence-corrected chi connectivity index (χ3v) is 5.05. The van der Waals surface area contributed by atoms with E-state index in [1.54, 1.807) is 12.4 Å². The first kappa shape index (κ1) is 17.6. The van der Waals surface area contributed by atoms with E-state index in [0.717, 1.165) is 44.7 Å². The van der Waals surface area contributed by atoms with Crippen LogP contribution in [0.2, 0.25) is 0 Å². The standard InChI is InChI=1S/C18H30N4O2/c23-16(14-24-17-5-2-1-3-6-17)13-21-15-7-11-22(12-8-15)18-19-9-4-10-20-18/h4,9-10,15-17,21,23H,1-3,5-8,11-14H2. The smallest absolute Gasteiger partial charge is 0.225 e. The first-order valence-corrected chi connectivity index (χ1v) is 9.36. The topological polar surface area (TPSA) is 70.5 Å². The van der Waals surface area contributed by atoms with E-state index < -0.39 is 6.10 Å². The molecule has 1 aromatic heterocycles. The zero-order valence-electron chi connectivity index (χ0n) is 14.4. The summed E-state index contributed by atoms with van der Waals surface area (Å²) in [5.74, 6) is 0.817. The fourth-order valence-electron chi connectivity index (χ4n) is 3.58. The molecule has 0 bridgehead atoms. The summed E-state index contributed by atoms with van der Waals surface area (Å²) in [5, 5.41) is 13.6. The van der Waals surface area contributed by atoms with Crippen molar-refractivity contribution in [1.29, 1.82) is 0 Å².